The van der Waals surface area contributed by atoms with E-state index in [9.17, 15) is 0 Å². The fraction of sp³-hybridized carbons (Fsp3) is 0.647. The first-order valence-electron chi connectivity index (χ1n) is 7.01. The summed E-state index contributed by atoms with van der Waals surface area (Å²) in [7, 11) is 1.72. The average molecular weight is 327 g/mol. The summed E-state index contributed by atoms with van der Waals surface area (Å²) in [6.07, 6.45) is 2.42. The molecular weight excluding hydrogens is 300 g/mol. The molecule has 0 bridgehead atoms. The second kappa shape index (κ2) is 6.78. The molecule has 0 N–H and O–H groups in total. The fourth-order valence-electron chi connectivity index (χ4n) is 2.71. The van der Waals surface area contributed by atoms with Crippen molar-refractivity contribution in [1.82, 2.24) is 0 Å². The Hall–Kier alpha value is -0.500. The van der Waals surface area contributed by atoms with Crippen LogP contribution in [0.15, 0.2) is 18.2 Å². The van der Waals surface area contributed by atoms with E-state index in [0.29, 0.717) is 16.2 Å². The lowest BCUT2D eigenvalue weighted by Crippen LogP contribution is -2.12. The van der Waals surface area contributed by atoms with Gasteiger partial charge >= 0.3 is 0 Å². The molecule has 2 heteroatoms. The number of alkyl halides is 1. The maximum absolute atomic E-state index is 5.31. The lowest BCUT2D eigenvalue weighted by molar-refractivity contribution is 0.296. The molecule has 0 saturated heterocycles. The monoisotopic (exact) mass is 326 g/mol. The molecule has 1 aromatic rings. The number of methoxy groups -OCH3 is 1. The van der Waals surface area contributed by atoms with Crippen molar-refractivity contribution in [1.29, 1.82) is 0 Å². The van der Waals surface area contributed by atoms with Gasteiger partial charge in [0, 0.05) is 4.83 Å². The van der Waals surface area contributed by atoms with Gasteiger partial charge in [-0.1, -0.05) is 55.8 Å². The van der Waals surface area contributed by atoms with Crippen LogP contribution in [0.2, 0.25) is 0 Å². The molecule has 0 radical (unpaired) electrons. The summed E-state index contributed by atoms with van der Waals surface area (Å²) in [5, 5.41) is 0. The second-order valence-corrected chi connectivity index (χ2v) is 7.91. The van der Waals surface area contributed by atoms with Crippen molar-refractivity contribution in [3.63, 3.8) is 0 Å². The Morgan fingerprint density at radius 3 is 2.37 bits per heavy atom. The maximum atomic E-state index is 5.31. The summed E-state index contributed by atoms with van der Waals surface area (Å²) in [5.41, 5.74) is 2.95. The predicted molar refractivity (Wildman–Crippen MR) is 87.3 cm³/mol. The van der Waals surface area contributed by atoms with Crippen LogP contribution in [0.3, 0.4) is 0 Å². The Bertz CT molecular complexity index is 406. The number of halogens is 1. The minimum Gasteiger partial charge on any atom is -0.496 e. The molecule has 1 nitrogen and oxygen atoms in total. The Labute approximate surface area is 126 Å². The van der Waals surface area contributed by atoms with Gasteiger partial charge in [-0.25, -0.2) is 0 Å². The molecule has 0 aromatic heterocycles. The van der Waals surface area contributed by atoms with Crippen LogP contribution in [-0.4, -0.2) is 7.11 Å². The van der Waals surface area contributed by atoms with E-state index < -0.39 is 0 Å². The van der Waals surface area contributed by atoms with Crippen LogP contribution < -0.4 is 4.74 Å². The highest BCUT2D eigenvalue weighted by molar-refractivity contribution is 9.09. The van der Waals surface area contributed by atoms with Gasteiger partial charge < -0.3 is 4.74 Å². The van der Waals surface area contributed by atoms with Crippen LogP contribution in [0.1, 0.15) is 56.5 Å². The van der Waals surface area contributed by atoms with Crippen LogP contribution in [-0.2, 0) is 0 Å². The fourth-order valence-corrected chi connectivity index (χ4v) is 3.64. The highest BCUT2D eigenvalue weighted by atomic mass is 79.9. The van der Waals surface area contributed by atoms with Gasteiger partial charge in [-0.15, -0.1) is 0 Å². The molecule has 0 aliphatic heterocycles. The van der Waals surface area contributed by atoms with E-state index in [1.54, 1.807) is 7.11 Å². The van der Waals surface area contributed by atoms with Crippen molar-refractivity contribution in [2.75, 3.05) is 7.11 Å². The molecule has 0 aliphatic carbocycles. The summed E-state index contributed by atoms with van der Waals surface area (Å²) in [5.74, 6) is 1.68. The topological polar surface area (TPSA) is 9.23 Å². The third-order valence-electron chi connectivity index (χ3n) is 3.35. The third kappa shape index (κ3) is 5.56. The van der Waals surface area contributed by atoms with Gasteiger partial charge in [0.1, 0.15) is 5.75 Å². The number of benzene rings is 1. The third-order valence-corrected chi connectivity index (χ3v) is 4.25. The highest BCUT2D eigenvalue weighted by Gasteiger charge is 2.19. The van der Waals surface area contributed by atoms with Gasteiger partial charge in [0.15, 0.2) is 0 Å². The van der Waals surface area contributed by atoms with Crippen molar-refractivity contribution >= 4 is 15.9 Å². The number of rotatable bonds is 5. The zero-order valence-corrected chi connectivity index (χ0v) is 14.7. The lowest BCUT2D eigenvalue weighted by Gasteiger charge is -2.25. The maximum Gasteiger partial charge on any atom is 0.121 e. The summed E-state index contributed by atoms with van der Waals surface area (Å²) in [6, 6.07) is 6.45. The quantitative estimate of drug-likeness (QED) is 0.612. The molecule has 0 heterocycles. The molecule has 0 fully saturated rings. The molecule has 1 aromatic carbocycles. The van der Waals surface area contributed by atoms with Gasteiger partial charge in [0.05, 0.1) is 7.11 Å². The molecule has 108 valence electrons. The minimum atomic E-state index is 0.405. The molecule has 0 aliphatic rings. The Kier molecular flexibility index (Phi) is 5.91. The van der Waals surface area contributed by atoms with Crippen LogP contribution >= 0.6 is 15.9 Å². The van der Waals surface area contributed by atoms with Gasteiger partial charge in [0.2, 0.25) is 0 Å². The van der Waals surface area contributed by atoms with Gasteiger partial charge in [-0.05, 0) is 48.3 Å². The first-order chi connectivity index (χ1) is 8.73. The van der Waals surface area contributed by atoms with Gasteiger partial charge in [-0.2, -0.15) is 0 Å². The first kappa shape index (κ1) is 16.6. The van der Waals surface area contributed by atoms with Crippen LogP contribution in [0.4, 0.5) is 0 Å². The average Bonchev–Trinajstić information content (AvgIpc) is 2.26. The predicted octanol–water partition coefficient (Wildman–Crippen LogP) is 5.90. The molecule has 2 atom stereocenters. The molecule has 0 amide bonds. The largest absolute Gasteiger partial charge is 0.496 e. The van der Waals surface area contributed by atoms with Crippen molar-refractivity contribution in [3.8, 4) is 5.75 Å². The van der Waals surface area contributed by atoms with E-state index in [1.807, 2.05) is 0 Å². The van der Waals surface area contributed by atoms with Crippen molar-refractivity contribution < 1.29 is 4.74 Å². The molecule has 0 spiro atoms. The molecule has 19 heavy (non-hydrogen) atoms. The standard InChI is InChI=1S/C17H27BrO/c1-12(11-17(3,4)5)9-15(18)14-7-8-16(19-6)13(2)10-14/h7-8,10,12,15H,9,11H2,1-6H3. The number of ether oxygens (including phenoxy) is 1. The van der Waals surface area contributed by atoms with Crippen molar-refractivity contribution in [3.05, 3.63) is 29.3 Å². The van der Waals surface area contributed by atoms with Crippen molar-refractivity contribution in [2.24, 2.45) is 11.3 Å². The summed E-state index contributed by atoms with van der Waals surface area (Å²) >= 11 is 3.83. The summed E-state index contributed by atoms with van der Waals surface area (Å²) < 4.78 is 5.31. The normalized spacial score (nSPS) is 15.1. The van der Waals surface area contributed by atoms with Crippen LogP contribution in [0.25, 0.3) is 0 Å². The molecule has 2 unspecified atom stereocenters. The van der Waals surface area contributed by atoms with Crippen molar-refractivity contribution in [2.45, 2.75) is 52.3 Å². The molecule has 0 saturated carbocycles. The zero-order valence-electron chi connectivity index (χ0n) is 13.1. The van der Waals surface area contributed by atoms with E-state index in [4.69, 9.17) is 4.74 Å². The van der Waals surface area contributed by atoms with E-state index >= 15 is 0 Å². The van der Waals surface area contributed by atoms with E-state index in [0.717, 1.165) is 5.75 Å². The Balaban J connectivity index is 2.68. The molecular formula is C17H27BrO. The summed E-state index contributed by atoms with van der Waals surface area (Å²) in [6.45, 7) is 11.4. The number of hydrogen-bond donors (Lipinski definition) is 0. The smallest absolute Gasteiger partial charge is 0.121 e. The second-order valence-electron chi connectivity index (χ2n) is 6.80. The van der Waals surface area contributed by atoms with Gasteiger partial charge in [-0.3, -0.25) is 0 Å². The first-order valence-corrected chi connectivity index (χ1v) is 7.93. The molecule has 1 rings (SSSR count). The summed E-state index contributed by atoms with van der Waals surface area (Å²) in [4.78, 5) is 0.425. The van der Waals surface area contributed by atoms with Gasteiger partial charge in [0.25, 0.3) is 0 Å². The lowest BCUT2D eigenvalue weighted by atomic mass is 9.83. The van der Waals surface area contributed by atoms with Crippen LogP contribution in [0.5, 0.6) is 5.75 Å². The number of hydrogen-bond acceptors (Lipinski definition) is 1. The van der Waals surface area contributed by atoms with E-state index in [2.05, 4.69) is 68.7 Å². The van der Waals surface area contributed by atoms with Crippen LogP contribution in [0, 0.1) is 18.3 Å². The van der Waals surface area contributed by atoms with E-state index in [-0.39, 0.29) is 0 Å². The Morgan fingerprint density at radius 2 is 1.89 bits per heavy atom. The number of aryl methyl sites for hydroxylation is 1. The minimum absolute atomic E-state index is 0.405. The SMILES string of the molecule is COc1ccc(C(Br)CC(C)CC(C)(C)C)cc1C. The highest BCUT2D eigenvalue weighted by Crippen LogP contribution is 2.36. The van der Waals surface area contributed by atoms with E-state index in [1.165, 1.54) is 24.0 Å². The Morgan fingerprint density at radius 1 is 1.26 bits per heavy atom. The zero-order chi connectivity index (χ0) is 14.6.